The van der Waals surface area contributed by atoms with E-state index in [0.717, 1.165) is 38.4 Å². The third kappa shape index (κ3) is 12.7. The summed E-state index contributed by atoms with van der Waals surface area (Å²) in [5, 5.41) is 0. The number of hydrogen-bond donors (Lipinski definition) is 1. The lowest BCUT2D eigenvalue weighted by molar-refractivity contribution is -0.126. The Kier molecular flexibility index (Phi) is 14.3. The summed E-state index contributed by atoms with van der Waals surface area (Å²) in [6, 6.07) is 0. The maximum atomic E-state index is 11.5. The van der Waals surface area contributed by atoms with Crippen LogP contribution in [0.1, 0.15) is 98.3 Å². The number of ether oxygens (including phenoxy) is 2. The molecule has 5 nitrogen and oxygen atoms in total. The average Bonchev–Trinajstić information content (AvgIpc) is 2.73. The number of Topliss-reactive ketones (excluding diaryl/α,β-unsaturated/α-hetero) is 1. The molecule has 5 heteroatoms. The molecule has 0 spiro atoms. The van der Waals surface area contributed by atoms with Crippen molar-refractivity contribution in [1.82, 2.24) is 0 Å². The minimum Gasteiger partial charge on any atom is -0.381 e. The standard InChI is InChI=1S/C15H29NO3.C10H18O/c1-12(2)19-11-14-7-5-13(6-8-14)10-18-9-3-4-15(16)17;1-8(2)10(11)9-6-4-3-5-7-9/h12-14H,3-11H2,1-2H3,(H2,16,17);8-9H,3-7H2,1-2H3. The molecule has 0 heterocycles. The van der Waals surface area contributed by atoms with Crippen molar-refractivity contribution in [3.05, 3.63) is 0 Å². The summed E-state index contributed by atoms with van der Waals surface area (Å²) in [5.41, 5.74) is 5.08. The first-order chi connectivity index (χ1) is 14.3. The Bertz CT molecular complexity index is 464. The fourth-order valence-electron chi connectivity index (χ4n) is 4.35. The first kappa shape index (κ1) is 27.1. The smallest absolute Gasteiger partial charge is 0.217 e. The molecule has 0 unspecified atom stereocenters. The fourth-order valence-corrected chi connectivity index (χ4v) is 4.35. The number of nitrogens with two attached hydrogens (primary N) is 1. The molecule has 0 saturated heterocycles. The van der Waals surface area contributed by atoms with Crippen molar-refractivity contribution in [3.63, 3.8) is 0 Å². The van der Waals surface area contributed by atoms with E-state index in [4.69, 9.17) is 15.2 Å². The summed E-state index contributed by atoms with van der Waals surface area (Å²) in [4.78, 5) is 22.1. The molecule has 2 rings (SSSR count). The Labute approximate surface area is 184 Å². The zero-order valence-corrected chi connectivity index (χ0v) is 20.0. The van der Waals surface area contributed by atoms with Gasteiger partial charge in [0.25, 0.3) is 0 Å². The number of primary amides is 1. The number of amides is 1. The summed E-state index contributed by atoms with van der Waals surface area (Å²) in [6.07, 6.45) is 12.7. The van der Waals surface area contributed by atoms with Crippen LogP contribution in [0.25, 0.3) is 0 Å². The van der Waals surface area contributed by atoms with E-state index >= 15 is 0 Å². The number of ketones is 1. The van der Waals surface area contributed by atoms with E-state index < -0.39 is 0 Å². The SMILES string of the molecule is CC(C)C(=O)C1CCCCC1.CC(C)OCC1CCC(COCCCC(N)=O)CC1. The second-order valence-electron chi connectivity index (χ2n) is 9.81. The van der Waals surface area contributed by atoms with Gasteiger partial charge in [0.15, 0.2) is 0 Å². The van der Waals surface area contributed by atoms with Gasteiger partial charge in [0.05, 0.1) is 6.10 Å². The van der Waals surface area contributed by atoms with Gasteiger partial charge in [-0.05, 0) is 70.6 Å². The van der Waals surface area contributed by atoms with Gasteiger partial charge in [-0.2, -0.15) is 0 Å². The zero-order valence-electron chi connectivity index (χ0n) is 20.0. The summed E-state index contributed by atoms with van der Waals surface area (Å²) in [6.45, 7) is 10.6. The predicted octanol–water partition coefficient (Wildman–Crippen LogP) is 5.29. The van der Waals surface area contributed by atoms with Gasteiger partial charge < -0.3 is 15.2 Å². The van der Waals surface area contributed by atoms with E-state index in [-0.39, 0.29) is 11.8 Å². The first-order valence-corrected chi connectivity index (χ1v) is 12.3. The first-order valence-electron chi connectivity index (χ1n) is 12.3. The van der Waals surface area contributed by atoms with Crippen molar-refractivity contribution in [2.45, 2.75) is 104 Å². The van der Waals surface area contributed by atoms with Crippen molar-refractivity contribution < 1.29 is 19.1 Å². The Morgan fingerprint density at radius 2 is 1.43 bits per heavy atom. The zero-order chi connectivity index (χ0) is 22.4. The lowest BCUT2D eigenvalue weighted by Gasteiger charge is -2.28. The van der Waals surface area contributed by atoms with Crippen LogP contribution in [0, 0.1) is 23.7 Å². The highest BCUT2D eigenvalue weighted by Crippen LogP contribution is 2.29. The second kappa shape index (κ2) is 15.8. The third-order valence-electron chi connectivity index (χ3n) is 6.27. The number of carbonyl (C=O) groups excluding carboxylic acids is 2. The van der Waals surface area contributed by atoms with E-state index in [9.17, 15) is 9.59 Å². The maximum Gasteiger partial charge on any atom is 0.217 e. The average molecular weight is 426 g/mol. The molecular weight excluding hydrogens is 378 g/mol. The Morgan fingerprint density at radius 1 is 0.867 bits per heavy atom. The van der Waals surface area contributed by atoms with Crippen LogP contribution >= 0.6 is 0 Å². The van der Waals surface area contributed by atoms with Crippen molar-refractivity contribution >= 4 is 11.7 Å². The second-order valence-corrected chi connectivity index (χ2v) is 9.81. The minimum absolute atomic E-state index is 0.241. The molecule has 2 saturated carbocycles. The molecule has 176 valence electrons. The van der Waals surface area contributed by atoms with Crippen LogP contribution in [0.5, 0.6) is 0 Å². The van der Waals surface area contributed by atoms with Crippen LogP contribution in [-0.2, 0) is 19.1 Å². The van der Waals surface area contributed by atoms with Crippen molar-refractivity contribution in [1.29, 1.82) is 0 Å². The predicted molar refractivity (Wildman–Crippen MR) is 122 cm³/mol. The van der Waals surface area contributed by atoms with Crippen molar-refractivity contribution in [2.24, 2.45) is 29.4 Å². The monoisotopic (exact) mass is 425 g/mol. The van der Waals surface area contributed by atoms with Crippen LogP contribution < -0.4 is 5.73 Å². The summed E-state index contributed by atoms with van der Waals surface area (Å²) in [7, 11) is 0. The van der Waals surface area contributed by atoms with Gasteiger partial charge in [-0.25, -0.2) is 0 Å². The van der Waals surface area contributed by atoms with Gasteiger partial charge in [-0.3, -0.25) is 9.59 Å². The molecule has 0 radical (unpaired) electrons. The van der Waals surface area contributed by atoms with Crippen LogP contribution in [0.4, 0.5) is 0 Å². The highest BCUT2D eigenvalue weighted by atomic mass is 16.5. The van der Waals surface area contributed by atoms with Gasteiger partial charge in [0.2, 0.25) is 5.91 Å². The molecule has 2 N–H and O–H groups in total. The molecule has 0 aliphatic heterocycles. The van der Waals surface area contributed by atoms with Crippen molar-refractivity contribution in [3.8, 4) is 0 Å². The fraction of sp³-hybridized carbons (Fsp3) is 0.920. The molecule has 2 aliphatic rings. The molecule has 0 aromatic carbocycles. The lowest BCUT2D eigenvalue weighted by atomic mass is 9.83. The Morgan fingerprint density at radius 3 is 1.93 bits per heavy atom. The van der Waals surface area contributed by atoms with E-state index in [0.29, 0.717) is 36.8 Å². The largest absolute Gasteiger partial charge is 0.381 e. The van der Waals surface area contributed by atoms with E-state index in [2.05, 4.69) is 13.8 Å². The molecule has 1 amide bonds. The number of rotatable bonds is 11. The van der Waals surface area contributed by atoms with E-state index in [1.54, 1.807) is 0 Å². The van der Waals surface area contributed by atoms with Gasteiger partial charge in [-0.1, -0.05) is 33.1 Å². The Balaban J connectivity index is 0.000000346. The van der Waals surface area contributed by atoms with E-state index in [1.807, 2.05) is 13.8 Å². The Hall–Kier alpha value is -0.940. The molecule has 0 bridgehead atoms. The third-order valence-corrected chi connectivity index (χ3v) is 6.27. The van der Waals surface area contributed by atoms with Crippen LogP contribution in [0.2, 0.25) is 0 Å². The lowest BCUT2D eigenvalue weighted by Crippen LogP contribution is -2.23. The van der Waals surface area contributed by atoms with Crippen LogP contribution in [0.15, 0.2) is 0 Å². The van der Waals surface area contributed by atoms with Gasteiger partial charge >= 0.3 is 0 Å². The van der Waals surface area contributed by atoms with Gasteiger partial charge in [0.1, 0.15) is 5.78 Å². The topological polar surface area (TPSA) is 78.6 Å². The van der Waals surface area contributed by atoms with Gasteiger partial charge in [-0.15, -0.1) is 0 Å². The van der Waals surface area contributed by atoms with E-state index in [1.165, 1.54) is 44.9 Å². The molecule has 2 fully saturated rings. The molecule has 0 aromatic rings. The maximum absolute atomic E-state index is 11.5. The van der Waals surface area contributed by atoms with Gasteiger partial charge in [0, 0.05) is 38.1 Å². The minimum atomic E-state index is -0.241. The highest BCUT2D eigenvalue weighted by Gasteiger charge is 2.23. The number of carbonyl (C=O) groups is 2. The summed E-state index contributed by atoms with van der Waals surface area (Å²) < 4.78 is 11.3. The molecule has 0 aromatic heterocycles. The molecule has 30 heavy (non-hydrogen) atoms. The van der Waals surface area contributed by atoms with Crippen LogP contribution in [0.3, 0.4) is 0 Å². The summed E-state index contributed by atoms with van der Waals surface area (Å²) >= 11 is 0. The normalized spacial score (nSPS) is 22.6. The molecule has 2 aliphatic carbocycles. The van der Waals surface area contributed by atoms with Crippen LogP contribution in [-0.4, -0.2) is 37.6 Å². The molecule has 0 atom stereocenters. The summed E-state index contributed by atoms with van der Waals surface area (Å²) in [5.74, 6) is 2.32. The molecular formula is C25H47NO4. The quantitative estimate of drug-likeness (QED) is 0.456. The highest BCUT2D eigenvalue weighted by molar-refractivity contribution is 5.82. The number of hydrogen-bond acceptors (Lipinski definition) is 4. The van der Waals surface area contributed by atoms with Crippen molar-refractivity contribution in [2.75, 3.05) is 19.8 Å².